The molecule has 21 heavy (non-hydrogen) atoms. The van der Waals surface area contributed by atoms with Crippen LogP contribution in [0.3, 0.4) is 0 Å². The van der Waals surface area contributed by atoms with Crippen molar-refractivity contribution in [2.24, 2.45) is 0 Å². The quantitative estimate of drug-likeness (QED) is 0.839. The number of nitrogens with zero attached hydrogens (tertiary/aromatic N) is 6. The number of hydrogen-bond acceptors (Lipinski definition) is 5. The molecule has 2 aromatic heterocycles. The van der Waals surface area contributed by atoms with Crippen molar-refractivity contribution < 1.29 is 0 Å². The van der Waals surface area contributed by atoms with Crippen LogP contribution in [-0.2, 0) is 0 Å². The van der Waals surface area contributed by atoms with Crippen molar-refractivity contribution in [1.29, 1.82) is 0 Å². The first-order valence-corrected chi connectivity index (χ1v) is 8.06. The molecule has 4 rings (SSSR count). The molecule has 0 atom stereocenters. The Morgan fingerprint density at radius 2 is 1.76 bits per heavy atom. The fraction of sp³-hybridized carbons (Fsp3) is 0.667. The van der Waals surface area contributed by atoms with Gasteiger partial charge >= 0.3 is 0 Å². The number of aromatic nitrogens is 4. The van der Waals surface area contributed by atoms with Gasteiger partial charge < -0.3 is 9.80 Å². The van der Waals surface area contributed by atoms with Crippen molar-refractivity contribution in [2.45, 2.75) is 38.1 Å². The van der Waals surface area contributed by atoms with Gasteiger partial charge in [0.15, 0.2) is 5.65 Å². The minimum atomic E-state index is 0.778. The second-order valence-electron chi connectivity index (χ2n) is 6.14. The average molecular weight is 286 g/mol. The largest absolute Gasteiger partial charge is 0.355 e. The molecule has 0 aromatic carbocycles. The highest BCUT2D eigenvalue weighted by atomic mass is 15.4. The molecule has 112 valence electrons. The summed E-state index contributed by atoms with van der Waals surface area (Å²) in [6.07, 6.45) is 8.35. The maximum absolute atomic E-state index is 4.60. The van der Waals surface area contributed by atoms with Crippen molar-refractivity contribution in [3.05, 3.63) is 18.5 Å². The van der Waals surface area contributed by atoms with E-state index in [1.807, 2.05) is 6.07 Å². The summed E-state index contributed by atoms with van der Waals surface area (Å²) in [5.74, 6) is 1.04. The van der Waals surface area contributed by atoms with E-state index in [2.05, 4.69) is 31.2 Å². The van der Waals surface area contributed by atoms with Gasteiger partial charge in [-0.2, -0.15) is 4.52 Å². The van der Waals surface area contributed by atoms with Crippen molar-refractivity contribution in [2.75, 3.05) is 31.1 Å². The number of anilines is 1. The van der Waals surface area contributed by atoms with E-state index in [-0.39, 0.29) is 0 Å². The van der Waals surface area contributed by atoms with Crippen LogP contribution in [0, 0.1) is 0 Å². The Morgan fingerprint density at radius 3 is 2.57 bits per heavy atom. The summed E-state index contributed by atoms with van der Waals surface area (Å²) in [5.41, 5.74) is 0.807. The van der Waals surface area contributed by atoms with E-state index in [0.717, 1.165) is 30.6 Å². The van der Waals surface area contributed by atoms with Gasteiger partial charge in [-0.25, -0.2) is 0 Å². The van der Waals surface area contributed by atoms with E-state index in [4.69, 9.17) is 0 Å². The van der Waals surface area contributed by atoms with Crippen molar-refractivity contribution in [3.8, 4) is 0 Å². The summed E-state index contributed by atoms with van der Waals surface area (Å²) in [4.78, 5) is 5.09. The van der Waals surface area contributed by atoms with E-state index in [0.29, 0.717) is 0 Å². The molecule has 2 aliphatic rings. The summed E-state index contributed by atoms with van der Waals surface area (Å²) < 4.78 is 1.76. The third-order valence-electron chi connectivity index (χ3n) is 4.84. The summed E-state index contributed by atoms with van der Waals surface area (Å²) in [6.45, 7) is 4.80. The SMILES string of the molecule is c1cc2nncn2nc1N1CCC(N2CCCCC2)CC1. The van der Waals surface area contributed by atoms with Crippen LogP contribution >= 0.6 is 0 Å². The molecule has 2 aliphatic heterocycles. The molecule has 0 aliphatic carbocycles. The lowest BCUT2D eigenvalue weighted by Gasteiger charge is -2.40. The number of piperidine rings is 2. The van der Waals surface area contributed by atoms with Gasteiger partial charge in [0.05, 0.1) is 0 Å². The lowest BCUT2D eigenvalue weighted by molar-refractivity contribution is 0.141. The minimum absolute atomic E-state index is 0.778. The lowest BCUT2D eigenvalue weighted by atomic mass is 10.00. The Balaban J connectivity index is 1.42. The summed E-state index contributed by atoms with van der Waals surface area (Å²) in [7, 11) is 0. The van der Waals surface area contributed by atoms with Gasteiger partial charge in [0.25, 0.3) is 0 Å². The smallest absolute Gasteiger partial charge is 0.177 e. The van der Waals surface area contributed by atoms with Crippen LogP contribution in [0.5, 0.6) is 0 Å². The highest BCUT2D eigenvalue weighted by Crippen LogP contribution is 2.23. The Morgan fingerprint density at radius 1 is 0.952 bits per heavy atom. The molecule has 0 unspecified atom stereocenters. The first kappa shape index (κ1) is 13.0. The Hall–Kier alpha value is -1.69. The highest BCUT2D eigenvalue weighted by Gasteiger charge is 2.26. The van der Waals surface area contributed by atoms with Gasteiger partial charge in [-0.05, 0) is 50.9 Å². The number of hydrogen-bond donors (Lipinski definition) is 0. The fourth-order valence-electron chi connectivity index (χ4n) is 3.63. The number of fused-ring (bicyclic) bond motifs is 1. The molecule has 6 heteroatoms. The van der Waals surface area contributed by atoms with Gasteiger partial charge in [-0.3, -0.25) is 0 Å². The van der Waals surface area contributed by atoms with E-state index < -0.39 is 0 Å². The number of likely N-dealkylation sites (tertiary alicyclic amines) is 1. The molecule has 6 nitrogen and oxygen atoms in total. The molecule has 0 N–H and O–H groups in total. The van der Waals surface area contributed by atoms with Crippen molar-refractivity contribution >= 4 is 11.5 Å². The van der Waals surface area contributed by atoms with Crippen LogP contribution in [0.4, 0.5) is 5.82 Å². The second-order valence-corrected chi connectivity index (χ2v) is 6.14. The van der Waals surface area contributed by atoms with Crippen LogP contribution < -0.4 is 4.90 Å². The zero-order valence-electron chi connectivity index (χ0n) is 12.4. The molecule has 2 fully saturated rings. The average Bonchev–Trinajstić information content (AvgIpc) is 3.03. The van der Waals surface area contributed by atoms with Gasteiger partial charge in [0.2, 0.25) is 0 Å². The molecule has 0 bridgehead atoms. The van der Waals surface area contributed by atoms with Crippen LogP contribution in [0.25, 0.3) is 5.65 Å². The van der Waals surface area contributed by atoms with Gasteiger partial charge in [-0.15, -0.1) is 15.3 Å². The summed E-state index contributed by atoms with van der Waals surface area (Å²) in [6, 6.07) is 4.83. The third kappa shape index (κ3) is 2.60. The first-order chi connectivity index (χ1) is 10.4. The molecular weight excluding hydrogens is 264 g/mol. The molecular formula is C15H22N6. The predicted octanol–water partition coefficient (Wildman–Crippen LogP) is 1.58. The minimum Gasteiger partial charge on any atom is -0.355 e. The van der Waals surface area contributed by atoms with E-state index in [9.17, 15) is 0 Å². The zero-order valence-corrected chi connectivity index (χ0v) is 12.4. The van der Waals surface area contributed by atoms with Crippen LogP contribution in [-0.4, -0.2) is 56.9 Å². The Kier molecular flexibility index (Phi) is 3.47. The highest BCUT2D eigenvalue weighted by molar-refractivity contribution is 5.45. The summed E-state index contributed by atoms with van der Waals surface area (Å²) in [5, 5.41) is 12.5. The molecule has 2 saturated heterocycles. The van der Waals surface area contributed by atoms with Crippen molar-refractivity contribution in [1.82, 2.24) is 24.7 Å². The molecule has 0 radical (unpaired) electrons. The summed E-state index contributed by atoms with van der Waals surface area (Å²) >= 11 is 0. The second kappa shape index (κ2) is 5.60. The Bertz CT molecular complexity index is 595. The Labute approximate surface area is 124 Å². The lowest BCUT2D eigenvalue weighted by Crippen LogP contribution is -2.47. The maximum Gasteiger partial charge on any atom is 0.177 e. The normalized spacial score (nSPS) is 22.0. The van der Waals surface area contributed by atoms with Crippen LogP contribution in [0.1, 0.15) is 32.1 Å². The fourth-order valence-corrected chi connectivity index (χ4v) is 3.63. The molecule has 4 heterocycles. The maximum atomic E-state index is 4.60. The standard InChI is InChI=1S/C15H22N6/c1-2-8-19(9-3-1)13-6-10-20(11-7-13)15-5-4-14-17-16-12-21(14)18-15/h4-5,12-13H,1-3,6-11H2. The van der Waals surface area contributed by atoms with E-state index in [1.54, 1.807) is 10.8 Å². The molecule has 0 spiro atoms. The van der Waals surface area contributed by atoms with Gasteiger partial charge in [0, 0.05) is 19.1 Å². The monoisotopic (exact) mass is 286 g/mol. The zero-order chi connectivity index (χ0) is 14.1. The van der Waals surface area contributed by atoms with E-state index in [1.165, 1.54) is 45.2 Å². The molecule has 0 saturated carbocycles. The molecule has 2 aromatic rings. The van der Waals surface area contributed by atoms with E-state index >= 15 is 0 Å². The predicted molar refractivity (Wildman–Crippen MR) is 81.4 cm³/mol. The number of rotatable bonds is 2. The van der Waals surface area contributed by atoms with Crippen LogP contribution in [0.15, 0.2) is 18.5 Å². The van der Waals surface area contributed by atoms with Gasteiger partial charge in [0.1, 0.15) is 12.1 Å². The van der Waals surface area contributed by atoms with Crippen LogP contribution in [0.2, 0.25) is 0 Å². The first-order valence-electron chi connectivity index (χ1n) is 8.06. The third-order valence-corrected chi connectivity index (χ3v) is 4.84. The van der Waals surface area contributed by atoms with Gasteiger partial charge in [-0.1, -0.05) is 6.42 Å². The molecule has 0 amide bonds. The van der Waals surface area contributed by atoms with Crippen molar-refractivity contribution in [3.63, 3.8) is 0 Å². The topological polar surface area (TPSA) is 49.6 Å².